The smallest absolute Gasteiger partial charge is 0.315 e. The van der Waals surface area contributed by atoms with E-state index in [0.717, 1.165) is 25.3 Å². The number of nitrogens with one attached hydrogen (secondary N) is 2. The fourth-order valence-corrected chi connectivity index (χ4v) is 2.41. The monoisotopic (exact) mass is 239 g/mol. The van der Waals surface area contributed by atoms with Crippen molar-refractivity contribution in [3.63, 3.8) is 0 Å². The van der Waals surface area contributed by atoms with Crippen molar-refractivity contribution in [1.29, 1.82) is 0 Å². The molecule has 0 aliphatic heterocycles. The highest BCUT2D eigenvalue weighted by molar-refractivity contribution is 5.74. The quantitative estimate of drug-likeness (QED) is 0.716. The molecule has 0 radical (unpaired) electrons. The van der Waals surface area contributed by atoms with Crippen LogP contribution in [0.2, 0.25) is 0 Å². The third-order valence-corrected chi connectivity index (χ3v) is 3.21. The molecular formula is C13H25N3O. The van der Waals surface area contributed by atoms with Crippen LogP contribution in [-0.4, -0.2) is 44.2 Å². The average molecular weight is 239 g/mol. The average Bonchev–Trinajstić information content (AvgIpc) is 2.28. The summed E-state index contributed by atoms with van der Waals surface area (Å²) in [4.78, 5) is 13.7. The Kier molecular flexibility index (Phi) is 6.05. The first-order valence-corrected chi connectivity index (χ1v) is 6.41. The highest BCUT2D eigenvalue weighted by Gasteiger charge is 2.22. The first-order valence-electron chi connectivity index (χ1n) is 6.41. The van der Waals surface area contributed by atoms with Gasteiger partial charge < -0.3 is 15.5 Å². The molecule has 17 heavy (non-hydrogen) atoms. The van der Waals surface area contributed by atoms with Crippen molar-refractivity contribution < 1.29 is 4.79 Å². The van der Waals surface area contributed by atoms with Crippen molar-refractivity contribution in [2.45, 2.75) is 31.7 Å². The third kappa shape index (κ3) is 5.73. The van der Waals surface area contributed by atoms with Crippen LogP contribution in [0, 0.1) is 5.92 Å². The highest BCUT2D eigenvalue weighted by atomic mass is 16.2. The maximum Gasteiger partial charge on any atom is 0.315 e. The minimum atomic E-state index is -0.0686. The van der Waals surface area contributed by atoms with Gasteiger partial charge >= 0.3 is 6.03 Å². The molecule has 1 saturated carbocycles. The maximum absolute atomic E-state index is 11.5. The first kappa shape index (κ1) is 14.0. The van der Waals surface area contributed by atoms with E-state index >= 15 is 0 Å². The minimum absolute atomic E-state index is 0.0686. The number of carbonyl (C=O) groups is 1. The topological polar surface area (TPSA) is 44.4 Å². The molecule has 98 valence electrons. The lowest BCUT2D eigenvalue weighted by Crippen LogP contribution is -2.44. The van der Waals surface area contributed by atoms with Gasteiger partial charge in [0, 0.05) is 19.1 Å². The molecule has 0 spiro atoms. The molecular weight excluding hydrogens is 214 g/mol. The second-order valence-electron chi connectivity index (χ2n) is 5.12. The zero-order chi connectivity index (χ0) is 12.7. The Balaban J connectivity index is 2.18. The SMILES string of the molecule is C=CCNC(=O)NC1CCC(CN(C)C)CC1. The summed E-state index contributed by atoms with van der Waals surface area (Å²) in [5.74, 6) is 0.791. The fraction of sp³-hybridized carbons (Fsp3) is 0.769. The van der Waals surface area contributed by atoms with Gasteiger partial charge in [0.15, 0.2) is 0 Å². The van der Waals surface area contributed by atoms with Crippen LogP contribution in [0.15, 0.2) is 12.7 Å². The van der Waals surface area contributed by atoms with Crippen LogP contribution in [0.25, 0.3) is 0 Å². The Morgan fingerprint density at radius 2 is 2.00 bits per heavy atom. The number of nitrogens with zero attached hydrogens (tertiary/aromatic N) is 1. The summed E-state index contributed by atoms with van der Waals surface area (Å²) in [5.41, 5.74) is 0. The molecule has 4 heteroatoms. The molecule has 2 amide bonds. The molecule has 1 aliphatic rings. The standard InChI is InChI=1S/C13H25N3O/c1-4-9-14-13(17)15-12-7-5-11(6-8-12)10-16(2)3/h4,11-12H,1,5-10H2,2-3H3,(H2,14,15,17). The molecule has 0 atom stereocenters. The first-order chi connectivity index (χ1) is 8.11. The van der Waals surface area contributed by atoms with Crippen molar-refractivity contribution in [3.05, 3.63) is 12.7 Å². The van der Waals surface area contributed by atoms with Crippen molar-refractivity contribution in [3.8, 4) is 0 Å². The van der Waals surface area contributed by atoms with Crippen LogP contribution in [-0.2, 0) is 0 Å². The molecule has 2 N–H and O–H groups in total. The molecule has 1 fully saturated rings. The Labute approximate surface area is 104 Å². The number of hydrogen-bond acceptors (Lipinski definition) is 2. The molecule has 0 saturated heterocycles. The summed E-state index contributed by atoms with van der Waals surface area (Å²) in [6.45, 7) is 5.26. The van der Waals surface area contributed by atoms with Gasteiger partial charge in [-0.3, -0.25) is 0 Å². The van der Waals surface area contributed by atoms with E-state index in [1.54, 1.807) is 6.08 Å². The van der Waals surface area contributed by atoms with E-state index in [9.17, 15) is 4.79 Å². The van der Waals surface area contributed by atoms with Crippen LogP contribution >= 0.6 is 0 Å². The van der Waals surface area contributed by atoms with E-state index in [1.807, 2.05) is 0 Å². The number of urea groups is 1. The van der Waals surface area contributed by atoms with Gasteiger partial charge in [-0.2, -0.15) is 0 Å². The summed E-state index contributed by atoms with van der Waals surface area (Å²) in [6, 6.07) is 0.277. The normalized spacial score (nSPS) is 24.4. The predicted octanol–water partition coefficient (Wildman–Crippen LogP) is 1.59. The molecule has 4 nitrogen and oxygen atoms in total. The molecule has 0 aromatic heterocycles. The van der Waals surface area contributed by atoms with E-state index < -0.39 is 0 Å². The van der Waals surface area contributed by atoms with Gasteiger partial charge in [0.05, 0.1) is 0 Å². The number of amides is 2. The summed E-state index contributed by atoms with van der Waals surface area (Å²) in [6.07, 6.45) is 6.31. The van der Waals surface area contributed by atoms with E-state index in [2.05, 4.69) is 36.2 Å². The lowest BCUT2D eigenvalue weighted by Gasteiger charge is -2.30. The van der Waals surface area contributed by atoms with Crippen LogP contribution in [0.1, 0.15) is 25.7 Å². The van der Waals surface area contributed by atoms with Crippen LogP contribution in [0.4, 0.5) is 4.79 Å². The Morgan fingerprint density at radius 3 is 2.53 bits per heavy atom. The van der Waals surface area contributed by atoms with Crippen molar-refractivity contribution in [2.75, 3.05) is 27.2 Å². The van der Waals surface area contributed by atoms with Gasteiger partial charge in [-0.05, 0) is 45.7 Å². The molecule has 1 aliphatic carbocycles. The van der Waals surface area contributed by atoms with Gasteiger partial charge in [0.25, 0.3) is 0 Å². The third-order valence-electron chi connectivity index (χ3n) is 3.21. The Bertz CT molecular complexity index is 245. The zero-order valence-electron chi connectivity index (χ0n) is 11.0. The van der Waals surface area contributed by atoms with Crippen LogP contribution in [0.5, 0.6) is 0 Å². The summed E-state index contributed by atoms with van der Waals surface area (Å²) >= 11 is 0. The van der Waals surface area contributed by atoms with E-state index in [4.69, 9.17) is 0 Å². The fourth-order valence-electron chi connectivity index (χ4n) is 2.41. The second kappa shape index (κ2) is 7.33. The van der Waals surface area contributed by atoms with Crippen LogP contribution < -0.4 is 10.6 Å². The molecule has 0 aromatic carbocycles. The van der Waals surface area contributed by atoms with Gasteiger partial charge in [-0.15, -0.1) is 6.58 Å². The van der Waals surface area contributed by atoms with E-state index in [-0.39, 0.29) is 6.03 Å². The van der Waals surface area contributed by atoms with Crippen LogP contribution in [0.3, 0.4) is 0 Å². The maximum atomic E-state index is 11.5. The van der Waals surface area contributed by atoms with Crippen molar-refractivity contribution in [2.24, 2.45) is 5.92 Å². The molecule has 1 rings (SSSR count). The number of hydrogen-bond donors (Lipinski definition) is 2. The van der Waals surface area contributed by atoms with Gasteiger partial charge in [0.1, 0.15) is 0 Å². The minimum Gasteiger partial charge on any atom is -0.335 e. The largest absolute Gasteiger partial charge is 0.335 e. The predicted molar refractivity (Wildman–Crippen MR) is 71.0 cm³/mol. The number of carbonyl (C=O) groups excluding carboxylic acids is 1. The number of rotatable bonds is 5. The molecule has 0 bridgehead atoms. The lowest BCUT2D eigenvalue weighted by molar-refractivity contribution is 0.216. The van der Waals surface area contributed by atoms with Crippen molar-refractivity contribution in [1.82, 2.24) is 15.5 Å². The van der Waals surface area contributed by atoms with Crippen molar-refractivity contribution >= 4 is 6.03 Å². The summed E-state index contributed by atoms with van der Waals surface area (Å²) in [5, 5.41) is 5.76. The molecule has 0 unspecified atom stereocenters. The van der Waals surface area contributed by atoms with E-state index in [0.29, 0.717) is 12.6 Å². The van der Waals surface area contributed by atoms with Gasteiger partial charge in [-0.25, -0.2) is 4.79 Å². The Morgan fingerprint density at radius 1 is 1.35 bits per heavy atom. The molecule has 0 aromatic rings. The highest BCUT2D eigenvalue weighted by Crippen LogP contribution is 2.24. The molecule has 0 heterocycles. The summed E-state index contributed by atoms with van der Waals surface area (Å²) in [7, 11) is 4.24. The summed E-state index contributed by atoms with van der Waals surface area (Å²) < 4.78 is 0. The van der Waals surface area contributed by atoms with Gasteiger partial charge in [-0.1, -0.05) is 6.08 Å². The second-order valence-corrected chi connectivity index (χ2v) is 5.12. The lowest BCUT2D eigenvalue weighted by atomic mass is 9.86. The van der Waals surface area contributed by atoms with Gasteiger partial charge in [0.2, 0.25) is 0 Å². The zero-order valence-corrected chi connectivity index (χ0v) is 11.0. The Hall–Kier alpha value is -1.03. The van der Waals surface area contributed by atoms with E-state index in [1.165, 1.54) is 12.8 Å².